The molecule has 0 radical (unpaired) electrons. The summed E-state index contributed by atoms with van der Waals surface area (Å²) >= 11 is 6.01. The number of benzene rings is 2. The van der Waals surface area contributed by atoms with Crippen LogP contribution in [0.1, 0.15) is 43.7 Å². The molecule has 0 amide bonds. The fourth-order valence-electron chi connectivity index (χ4n) is 4.09. The summed E-state index contributed by atoms with van der Waals surface area (Å²) in [6, 6.07) is 16.1. The zero-order valence-corrected chi connectivity index (χ0v) is 19.6. The first-order valence-corrected chi connectivity index (χ1v) is 11.5. The molecule has 3 aromatic rings. The van der Waals surface area contributed by atoms with Crippen LogP contribution in [0.15, 0.2) is 53.1 Å². The maximum absolute atomic E-state index is 10.5. The molecule has 7 nitrogen and oxygen atoms in total. The van der Waals surface area contributed by atoms with E-state index in [9.17, 15) is 4.79 Å². The second-order valence-electron chi connectivity index (χ2n) is 9.15. The SMILES string of the molecule is CC(C)(CCCc1nc(-c2ccc(CN3CC(OC(=O)O)C3)cc2)no1)c1ccc(Cl)cc1. The molecule has 1 aliphatic heterocycles. The van der Waals surface area contributed by atoms with Gasteiger partial charge in [0.1, 0.15) is 6.10 Å². The highest BCUT2D eigenvalue weighted by Crippen LogP contribution is 2.30. The summed E-state index contributed by atoms with van der Waals surface area (Å²) in [6.07, 6.45) is 1.23. The maximum Gasteiger partial charge on any atom is 0.506 e. The lowest BCUT2D eigenvalue weighted by atomic mass is 9.80. The molecule has 1 fully saturated rings. The predicted molar refractivity (Wildman–Crippen MR) is 125 cm³/mol. The molecule has 2 aromatic carbocycles. The molecule has 1 aliphatic rings. The summed E-state index contributed by atoms with van der Waals surface area (Å²) in [4.78, 5) is 17.2. The van der Waals surface area contributed by atoms with E-state index in [-0.39, 0.29) is 11.5 Å². The van der Waals surface area contributed by atoms with E-state index in [1.807, 2.05) is 36.4 Å². The van der Waals surface area contributed by atoms with Crippen LogP contribution in [0, 0.1) is 0 Å². The van der Waals surface area contributed by atoms with Gasteiger partial charge in [0.2, 0.25) is 11.7 Å². The third-order valence-electron chi connectivity index (χ3n) is 6.10. The van der Waals surface area contributed by atoms with Crippen LogP contribution in [0.3, 0.4) is 0 Å². The third-order valence-corrected chi connectivity index (χ3v) is 6.35. The molecule has 0 bridgehead atoms. The number of hydrogen-bond donors (Lipinski definition) is 1. The van der Waals surface area contributed by atoms with Crippen molar-refractivity contribution in [1.82, 2.24) is 15.0 Å². The zero-order chi connectivity index (χ0) is 23.4. The van der Waals surface area contributed by atoms with Crippen molar-refractivity contribution in [3.63, 3.8) is 0 Å². The highest BCUT2D eigenvalue weighted by Gasteiger charge is 2.29. The van der Waals surface area contributed by atoms with Gasteiger partial charge in [0.05, 0.1) is 0 Å². The minimum Gasteiger partial charge on any atom is -0.450 e. The van der Waals surface area contributed by atoms with Crippen LogP contribution < -0.4 is 0 Å². The molecule has 0 atom stereocenters. The number of aryl methyl sites for hydroxylation is 1. The smallest absolute Gasteiger partial charge is 0.450 e. The Morgan fingerprint density at radius 1 is 1.18 bits per heavy atom. The van der Waals surface area contributed by atoms with Gasteiger partial charge in [-0.3, -0.25) is 4.90 Å². The van der Waals surface area contributed by atoms with Gasteiger partial charge in [-0.25, -0.2) is 4.79 Å². The number of nitrogens with zero attached hydrogens (tertiary/aromatic N) is 3. The number of likely N-dealkylation sites (tertiary alicyclic amines) is 1. The molecule has 33 heavy (non-hydrogen) atoms. The minimum atomic E-state index is -1.21. The number of carboxylic acid groups (broad SMARTS) is 1. The van der Waals surface area contributed by atoms with Crippen LogP contribution in [0.4, 0.5) is 4.79 Å². The Hall–Kier alpha value is -2.90. The average Bonchev–Trinajstić information content (AvgIpc) is 3.21. The third kappa shape index (κ3) is 6.12. The van der Waals surface area contributed by atoms with Gasteiger partial charge in [0, 0.05) is 36.6 Å². The van der Waals surface area contributed by atoms with E-state index < -0.39 is 6.16 Å². The summed E-state index contributed by atoms with van der Waals surface area (Å²) < 4.78 is 10.2. The Morgan fingerprint density at radius 2 is 1.88 bits per heavy atom. The molecular formula is C25H28ClN3O4. The van der Waals surface area contributed by atoms with Crippen LogP contribution in [0.5, 0.6) is 0 Å². The fourth-order valence-corrected chi connectivity index (χ4v) is 4.21. The number of halogens is 1. The molecule has 1 aromatic heterocycles. The normalized spacial score (nSPS) is 14.8. The van der Waals surface area contributed by atoms with E-state index >= 15 is 0 Å². The monoisotopic (exact) mass is 469 g/mol. The van der Waals surface area contributed by atoms with Gasteiger partial charge in [-0.15, -0.1) is 0 Å². The van der Waals surface area contributed by atoms with Gasteiger partial charge in [0.25, 0.3) is 0 Å². The van der Waals surface area contributed by atoms with E-state index in [4.69, 9.17) is 26.0 Å². The number of ether oxygens (including phenoxy) is 1. The number of hydrogen-bond acceptors (Lipinski definition) is 6. The van der Waals surface area contributed by atoms with Crippen molar-refractivity contribution in [2.24, 2.45) is 0 Å². The molecule has 4 rings (SSSR count). The van der Waals surface area contributed by atoms with E-state index in [0.29, 0.717) is 24.8 Å². The van der Waals surface area contributed by atoms with Crippen molar-refractivity contribution in [3.05, 3.63) is 70.6 Å². The Kier molecular flexibility index (Phi) is 7.00. The molecular weight excluding hydrogens is 442 g/mol. The molecule has 0 unspecified atom stereocenters. The van der Waals surface area contributed by atoms with Crippen LogP contribution in [-0.4, -0.2) is 45.5 Å². The Balaban J connectivity index is 1.26. The second-order valence-corrected chi connectivity index (χ2v) is 9.59. The highest BCUT2D eigenvalue weighted by atomic mass is 35.5. The molecule has 8 heteroatoms. The van der Waals surface area contributed by atoms with E-state index in [1.165, 1.54) is 5.56 Å². The van der Waals surface area contributed by atoms with E-state index in [2.05, 4.69) is 41.0 Å². The lowest BCUT2D eigenvalue weighted by molar-refractivity contribution is -0.0363. The zero-order valence-electron chi connectivity index (χ0n) is 18.8. The summed E-state index contributed by atoms with van der Waals surface area (Å²) in [7, 11) is 0. The molecule has 0 spiro atoms. The number of aromatic nitrogens is 2. The van der Waals surface area contributed by atoms with Gasteiger partial charge in [-0.2, -0.15) is 4.98 Å². The van der Waals surface area contributed by atoms with Crippen molar-refractivity contribution < 1.29 is 19.2 Å². The molecule has 174 valence electrons. The van der Waals surface area contributed by atoms with Crippen LogP contribution in [0.2, 0.25) is 5.02 Å². The first kappa shape index (κ1) is 23.3. The van der Waals surface area contributed by atoms with Gasteiger partial charge in [-0.1, -0.05) is 67.0 Å². The van der Waals surface area contributed by atoms with Crippen LogP contribution in [-0.2, 0) is 23.1 Å². The molecule has 1 N–H and O–H groups in total. The minimum absolute atomic E-state index is 0.0412. The van der Waals surface area contributed by atoms with Crippen molar-refractivity contribution in [1.29, 1.82) is 0 Å². The maximum atomic E-state index is 10.5. The lowest BCUT2D eigenvalue weighted by Gasteiger charge is -2.37. The average molecular weight is 470 g/mol. The van der Waals surface area contributed by atoms with Crippen LogP contribution in [0.25, 0.3) is 11.4 Å². The largest absolute Gasteiger partial charge is 0.506 e. The van der Waals surface area contributed by atoms with Crippen LogP contribution >= 0.6 is 11.6 Å². The summed E-state index contributed by atoms with van der Waals surface area (Å²) in [5.41, 5.74) is 3.35. The topological polar surface area (TPSA) is 88.7 Å². The van der Waals surface area contributed by atoms with Gasteiger partial charge in [-0.05, 0) is 41.5 Å². The number of rotatable bonds is 9. The molecule has 1 saturated heterocycles. The van der Waals surface area contributed by atoms with Crippen molar-refractivity contribution in [3.8, 4) is 11.4 Å². The van der Waals surface area contributed by atoms with Crippen molar-refractivity contribution in [2.45, 2.75) is 51.2 Å². The first-order chi connectivity index (χ1) is 15.8. The Bertz CT molecular complexity index is 1070. The standard InChI is InChI=1S/C25H28ClN3O4/c1-25(2,19-9-11-20(26)12-10-19)13-3-4-22-27-23(28-33-22)18-7-5-17(6-8-18)14-29-15-21(16-29)32-24(30)31/h5-12,21H,3-4,13-16H2,1-2H3,(H,30,31). The Labute approximate surface area is 198 Å². The van der Waals surface area contributed by atoms with E-state index in [0.717, 1.165) is 42.0 Å². The molecule has 0 aliphatic carbocycles. The highest BCUT2D eigenvalue weighted by molar-refractivity contribution is 6.30. The predicted octanol–water partition coefficient (Wildman–Crippen LogP) is 5.57. The fraction of sp³-hybridized carbons (Fsp3) is 0.400. The van der Waals surface area contributed by atoms with Crippen molar-refractivity contribution >= 4 is 17.8 Å². The second kappa shape index (κ2) is 9.93. The number of carbonyl (C=O) groups is 1. The first-order valence-electron chi connectivity index (χ1n) is 11.1. The Morgan fingerprint density at radius 3 is 2.55 bits per heavy atom. The lowest BCUT2D eigenvalue weighted by Crippen LogP contribution is -2.52. The van der Waals surface area contributed by atoms with Gasteiger partial charge in [0.15, 0.2) is 0 Å². The van der Waals surface area contributed by atoms with E-state index in [1.54, 1.807) is 0 Å². The summed E-state index contributed by atoms with van der Waals surface area (Å²) in [5.74, 6) is 1.23. The quantitative estimate of drug-likeness (QED) is 0.410. The molecule has 0 saturated carbocycles. The van der Waals surface area contributed by atoms with Gasteiger partial charge >= 0.3 is 6.16 Å². The molecule has 2 heterocycles. The van der Waals surface area contributed by atoms with Crippen molar-refractivity contribution in [2.75, 3.05) is 13.1 Å². The van der Waals surface area contributed by atoms with Gasteiger partial charge < -0.3 is 14.4 Å². The summed E-state index contributed by atoms with van der Waals surface area (Å²) in [5, 5.41) is 13.5. The summed E-state index contributed by atoms with van der Waals surface area (Å²) in [6.45, 7) is 6.46.